The first-order chi connectivity index (χ1) is 13.8. The number of pyridine rings is 2. The van der Waals surface area contributed by atoms with Gasteiger partial charge in [-0.3, -0.25) is 9.78 Å². The van der Waals surface area contributed by atoms with Crippen molar-refractivity contribution < 1.29 is 0 Å². The maximum atomic E-state index is 13.2. The largest absolute Gasteiger partial charge is 0.315 e. The summed E-state index contributed by atoms with van der Waals surface area (Å²) >= 11 is 1.66. The highest BCUT2D eigenvalue weighted by Gasteiger charge is 2.15. The molecule has 5 rings (SSSR count). The van der Waals surface area contributed by atoms with Crippen LogP contribution in [0.25, 0.3) is 26.6 Å². The molecule has 4 heterocycles. The maximum Gasteiger partial charge on any atom is 0.259 e. The summed E-state index contributed by atoms with van der Waals surface area (Å²) in [6, 6.07) is 14.4. The Labute approximate surface area is 179 Å². The van der Waals surface area contributed by atoms with Gasteiger partial charge in [-0.25, -0.2) is 0 Å². The third-order valence-electron chi connectivity index (χ3n) is 5.37. The van der Waals surface area contributed by atoms with Crippen LogP contribution in [-0.4, -0.2) is 22.6 Å². The van der Waals surface area contributed by atoms with Crippen molar-refractivity contribution in [1.82, 2.24) is 14.9 Å². The van der Waals surface area contributed by atoms with Gasteiger partial charge < -0.3 is 9.88 Å². The molecule has 0 bridgehead atoms. The van der Waals surface area contributed by atoms with Gasteiger partial charge in [-0.05, 0) is 42.1 Å². The highest BCUT2D eigenvalue weighted by Crippen LogP contribution is 2.30. The molecule has 0 radical (unpaired) electrons. The summed E-state index contributed by atoms with van der Waals surface area (Å²) in [5.41, 5.74) is 4.52. The molecule has 1 aliphatic rings. The van der Waals surface area contributed by atoms with Crippen LogP contribution in [0.2, 0.25) is 0 Å². The minimum atomic E-state index is 0. The Bertz CT molecular complexity index is 1260. The van der Waals surface area contributed by atoms with E-state index in [9.17, 15) is 4.79 Å². The number of nitrogens with one attached hydrogen (secondary N) is 1. The summed E-state index contributed by atoms with van der Waals surface area (Å²) in [4.78, 5) is 17.9. The molecule has 4 aromatic rings. The molecule has 0 spiro atoms. The number of rotatable bonds is 4. The Hall–Kier alpha value is -2.47. The Morgan fingerprint density at radius 2 is 2.03 bits per heavy atom. The summed E-state index contributed by atoms with van der Waals surface area (Å²) in [6.07, 6.45) is 5.84. The molecule has 0 amide bonds. The Morgan fingerprint density at radius 1 is 1.14 bits per heavy atom. The van der Waals surface area contributed by atoms with E-state index in [0.717, 1.165) is 58.2 Å². The van der Waals surface area contributed by atoms with E-state index in [0.29, 0.717) is 6.54 Å². The summed E-state index contributed by atoms with van der Waals surface area (Å²) in [6.45, 7) is 2.48. The molecule has 1 aliphatic heterocycles. The summed E-state index contributed by atoms with van der Waals surface area (Å²) < 4.78 is 2.90. The minimum absolute atomic E-state index is 0. The van der Waals surface area contributed by atoms with Crippen molar-refractivity contribution in [2.24, 2.45) is 0 Å². The number of nitrogens with zero attached hydrogens (tertiary/aromatic N) is 2. The number of hydrogen-bond acceptors (Lipinski definition) is 4. The first-order valence-corrected chi connectivity index (χ1v) is 10.5. The summed E-state index contributed by atoms with van der Waals surface area (Å²) in [5.74, 6) is 0. The van der Waals surface area contributed by atoms with Crippen LogP contribution in [0.5, 0.6) is 0 Å². The smallest absolute Gasteiger partial charge is 0.259 e. The number of aromatic nitrogens is 2. The number of fused-ring (bicyclic) bond motifs is 2. The van der Waals surface area contributed by atoms with Crippen LogP contribution in [0.15, 0.2) is 64.9 Å². The van der Waals surface area contributed by atoms with Crippen LogP contribution in [-0.2, 0) is 13.0 Å². The zero-order chi connectivity index (χ0) is 18.9. The summed E-state index contributed by atoms with van der Waals surface area (Å²) in [7, 11) is 0. The van der Waals surface area contributed by atoms with Crippen LogP contribution < -0.4 is 10.9 Å². The van der Waals surface area contributed by atoms with Gasteiger partial charge in [-0.1, -0.05) is 30.3 Å². The van der Waals surface area contributed by atoms with E-state index in [2.05, 4.69) is 41.0 Å². The van der Waals surface area contributed by atoms with E-state index >= 15 is 0 Å². The van der Waals surface area contributed by atoms with E-state index in [-0.39, 0.29) is 18.0 Å². The fourth-order valence-corrected chi connectivity index (χ4v) is 4.82. The van der Waals surface area contributed by atoms with Crippen LogP contribution in [0, 0.1) is 0 Å². The SMILES string of the molecule is Cl.O=c1c2c(C3=CCNCC3)csc2ccn1CCc1ccc2ccccc2n1. The van der Waals surface area contributed by atoms with Crippen molar-refractivity contribution in [3.63, 3.8) is 0 Å². The Kier molecular flexibility index (Phi) is 5.81. The standard InChI is InChI=1S/C23H21N3OS.ClH/c27-23-22-19(16-7-11-24-12-8-16)15-28-21(22)10-14-26(23)13-9-18-6-5-17-3-1-2-4-20(17)25-18;/h1-7,10,14-15,24H,8-9,11-13H2;1H. The van der Waals surface area contributed by atoms with E-state index in [1.54, 1.807) is 11.3 Å². The third-order valence-corrected chi connectivity index (χ3v) is 6.32. The number of thiophene rings is 1. The van der Waals surface area contributed by atoms with E-state index in [4.69, 9.17) is 4.98 Å². The Morgan fingerprint density at radius 3 is 2.90 bits per heavy atom. The fourth-order valence-electron chi connectivity index (χ4n) is 3.85. The molecule has 0 saturated carbocycles. The van der Waals surface area contributed by atoms with Gasteiger partial charge in [0.2, 0.25) is 0 Å². The monoisotopic (exact) mass is 423 g/mol. The molecule has 6 heteroatoms. The van der Waals surface area contributed by atoms with E-state index in [1.165, 1.54) is 5.57 Å². The third kappa shape index (κ3) is 3.86. The van der Waals surface area contributed by atoms with Gasteiger partial charge in [0, 0.05) is 47.1 Å². The highest BCUT2D eigenvalue weighted by atomic mass is 35.5. The van der Waals surface area contributed by atoms with Crippen LogP contribution in [0.1, 0.15) is 17.7 Å². The molecular formula is C23H22ClN3OS. The molecule has 0 fully saturated rings. The van der Waals surface area contributed by atoms with Crippen molar-refractivity contribution in [1.29, 1.82) is 0 Å². The molecule has 0 aliphatic carbocycles. The predicted molar refractivity (Wildman–Crippen MR) is 124 cm³/mol. The molecule has 1 N–H and O–H groups in total. The second-order valence-corrected chi connectivity index (χ2v) is 8.04. The zero-order valence-electron chi connectivity index (χ0n) is 15.9. The normalized spacial score (nSPS) is 14.0. The number of halogens is 1. The second kappa shape index (κ2) is 8.49. The van der Waals surface area contributed by atoms with Crippen molar-refractivity contribution in [3.8, 4) is 0 Å². The minimum Gasteiger partial charge on any atom is -0.315 e. The molecule has 0 saturated heterocycles. The van der Waals surface area contributed by atoms with Crippen LogP contribution >= 0.6 is 23.7 Å². The predicted octanol–water partition coefficient (Wildman–Crippen LogP) is 4.65. The van der Waals surface area contributed by atoms with Gasteiger partial charge in [-0.15, -0.1) is 23.7 Å². The number of para-hydroxylation sites is 1. The molecule has 3 aromatic heterocycles. The number of aryl methyl sites for hydroxylation is 2. The highest BCUT2D eigenvalue weighted by molar-refractivity contribution is 7.17. The molecular weight excluding hydrogens is 402 g/mol. The molecule has 0 unspecified atom stereocenters. The lowest BCUT2D eigenvalue weighted by Crippen LogP contribution is -2.22. The van der Waals surface area contributed by atoms with Crippen molar-refractivity contribution in [3.05, 3.63) is 81.7 Å². The summed E-state index contributed by atoms with van der Waals surface area (Å²) in [5, 5.41) is 7.49. The molecule has 148 valence electrons. The number of benzene rings is 1. The maximum absolute atomic E-state index is 13.2. The van der Waals surface area contributed by atoms with E-state index < -0.39 is 0 Å². The second-order valence-electron chi connectivity index (χ2n) is 7.13. The van der Waals surface area contributed by atoms with Gasteiger partial charge in [0.05, 0.1) is 10.9 Å². The lowest BCUT2D eigenvalue weighted by atomic mass is 10.0. The van der Waals surface area contributed by atoms with Gasteiger partial charge in [0.1, 0.15) is 0 Å². The average Bonchev–Trinajstić information content (AvgIpc) is 3.19. The Balaban J connectivity index is 0.00000205. The molecule has 29 heavy (non-hydrogen) atoms. The lowest BCUT2D eigenvalue weighted by Gasteiger charge is -2.13. The van der Waals surface area contributed by atoms with Crippen molar-refractivity contribution in [2.75, 3.05) is 13.1 Å². The topological polar surface area (TPSA) is 46.9 Å². The van der Waals surface area contributed by atoms with Crippen molar-refractivity contribution >= 4 is 50.3 Å². The lowest BCUT2D eigenvalue weighted by molar-refractivity contribution is 0.667. The van der Waals surface area contributed by atoms with Gasteiger partial charge in [0.25, 0.3) is 5.56 Å². The molecule has 1 aromatic carbocycles. The van der Waals surface area contributed by atoms with Gasteiger partial charge in [0.15, 0.2) is 0 Å². The fraction of sp³-hybridized carbons (Fsp3) is 0.217. The first-order valence-electron chi connectivity index (χ1n) is 9.65. The average molecular weight is 424 g/mol. The van der Waals surface area contributed by atoms with Crippen LogP contribution in [0.4, 0.5) is 0 Å². The molecule has 0 atom stereocenters. The van der Waals surface area contributed by atoms with Gasteiger partial charge >= 0.3 is 0 Å². The van der Waals surface area contributed by atoms with Crippen molar-refractivity contribution in [2.45, 2.75) is 19.4 Å². The first kappa shape index (κ1) is 19.8. The molecule has 4 nitrogen and oxygen atoms in total. The van der Waals surface area contributed by atoms with E-state index in [1.807, 2.05) is 29.0 Å². The quantitative estimate of drug-likeness (QED) is 0.519. The van der Waals surface area contributed by atoms with Crippen LogP contribution in [0.3, 0.4) is 0 Å². The number of hydrogen-bond donors (Lipinski definition) is 1. The van der Waals surface area contributed by atoms with Gasteiger partial charge in [-0.2, -0.15) is 0 Å². The zero-order valence-corrected chi connectivity index (χ0v) is 17.6.